The number of amides is 2. The van der Waals surface area contributed by atoms with Crippen LogP contribution in [0.15, 0.2) is 60.7 Å². The zero-order valence-corrected chi connectivity index (χ0v) is 21.4. The third-order valence-corrected chi connectivity index (χ3v) is 6.44. The second-order valence-electron chi connectivity index (χ2n) is 8.97. The molecule has 0 saturated carbocycles. The van der Waals surface area contributed by atoms with Gasteiger partial charge in [-0.3, -0.25) is 0 Å². The number of tetrazole rings is 1. The summed E-state index contributed by atoms with van der Waals surface area (Å²) in [6.45, 7) is 2.42. The number of hydrogen-bond acceptors (Lipinski definition) is 8. The van der Waals surface area contributed by atoms with Crippen LogP contribution in [0.3, 0.4) is 0 Å². The smallest absolute Gasteiger partial charge is 0.323 e. The number of ether oxygens (including phenoxy) is 2. The highest BCUT2D eigenvalue weighted by Gasteiger charge is 2.24. The Hall–Kier alpha value is -4.42. The summed E-state index contributed by atoms with van der Waals surface area (Å²) >= 11 is 0. The summed E-state index contributed by atoms with van der Waals surface area (Å²) in [5, 5.41) is 19.9. The SMILES string of the molecule is COCCN(c1cc(NC(=O)Nc2ccccc2F)cc(-c2ccccc2-c2nn[nH]n2)n1)C1CCOCC1. The van der Waals surface area contributed by atoms with Crippen molar-refractivity contribution in [2.45, 2.75) is 18.9 Å². The maximum absolute atomic E-state index is 14.1. The normalized spacial score (nSPS) is 13.7. The third kappa shape index (κ3) is 6.36. The minimum Gasteiger partial charge on any atom is -0.383 e. The second-order valence-corrected chi connectivity index (χ2v) is 8.97. The molecule has 39 heavy (non-hydrogen) atoms. The van der Waals surface area contributed by atoms with Crippen LogP contribution in [0.2, 0.25) is 0 Å². The van der Waals surface area contributed by atoms with Crippen LogP contribution in [-0.4, -0.2) is 71.2 Å². The summed E-state index contributed by atoms with van der Waals surface area (Å²) < 4.78 is 25.1. The quantitative estimate of drug-likeness (QED) is 0.290. The van der Waals surface area contributed by atoms with E-state index < -0.39 is 11.8 Å². The van der Waals surface area contributed by atoms with Crippen molar-refractivity contribution in [2.75, 3.05) is 49.0 Å². The predicted octanol–water partition coefficient (Wildman–Crippen LogP) is 4.34. The molecule has 3 heterocycles. The van der Waals surface area contributed by atoms with Gasteiger partial charge in [-0.2, -0.15) is 5.21 Å². The molecule has 1 aliphatic rings. The predicted molar refractivity (Wildman–Crippen MR) is 145 cm³/mol. The highest BCUT2D eigenvalue weighted by atomic mass is 19.1. The molecule has 202 valence electrons. The van der Waals surface area contributed by atoms with Gasteiger partial charge in [0.05, 0.1) is 18.0 Å². The van der Waals surface area contributed by atoms with E-state index in [-0.39, 0.29) is 11.7 Å². The lowest BCUT2D eigenvalue weighted by Gasteiger charge is -2.35. The molecule has 0 aliphatic carbocycles. The van der Waals surface area contributed by atoms with Gasteiger partial charge in [0.25, 0.3) is 0 Å². The lowest BCUT2D eigenvalue weighted by atomic mass is 10.0. The summed E-state index contributed by atoms with van der Waals surface area (Å²) in [7, 11) is 1.66. The first-order valence-corrected chi connectivity index (χ1v) is 12.6. The van der Waals surface area contributed by atoms with Crippen LogP contribution in [0.25, 0.3) is 22.6 Å². The number of aromatic amines is 1. The van der Waals surface area contributed by atoms with Gasteiger partial charge < -0.3 is 25.0 Å². The number of halogens is 1. The maximum atomic E-state index is 14.1. The number of nitrogens with zero attached hydrogens (tertiary/aromatic N) is 5. The molecule has 11 nitrogen and oxygen atoms in total. The van der Waals surface area contributed by atoms with Crippen LogP contribution in [0, 0.1) is 5.82 Å². The van der Waals surface area contributed by atoms with Crippen molar-refractivity contribution in [2.24, 2.45) is 0 Å². The second kappa shape index (κ2) is 12.4. The molecule has 2 aromatic carbocycles. The van der Waals surface area contributed by atoms with Gasteiger partial charge in [-0.25, -0.2) is 14.2 Å². The Morgan fingerprint density at radius 1 is 1.10 bits per heavy atom. The number of urea groups is 1. The third-order valence-electron chi connectivity index (χ3n) is 6.44. The topological polar surface area (TPSA) is 130 Å². The molecule has 2 amide bonds. The van der Waals surface area contributed by atoms with E-state index in [0.717, 1.165) is 24.0 Å². The van der Waals surface area contributed by atoms with Gasteiger partial charge in [0, 0.05) is 55.8 Å². The monoisotopic (exact) mass is 532 g/mol. The van der Waals surface area contributed by atoms with Crippen LogP contribution in [-0.2, 0) is 9.47 Å². The minimum atomic E-state index is -0.579. The van der Waals surface area contributed by atoms with E-state index in [1.165, 1.54) is 12.1 Å². The average Bonchev–Trinajstić information content (AvgIpc) is 3.50. The number of aromatic nitrogens is 5. The van der Waals surface area contributed by atoms with Crippen LogP contribution in [0.5, 0.6) is 0 Å². The van der Waals surface area contributed by atoms with Crippen molar-refractivity contribution in [3.63, 3.8) is 0 Å². The van der Waals surface area contributed by atoms with E-state index in [0.29, 0.717) is 49.4 Å². The molecule has 0 spiro atoms. The Bertz CT molecular complexity index is 1400. The molecular weight excluding hydrogens is 503 g/mol. The van der Waals surface area contributed by atoms with Crippen molar-refractivity contribution in [1.29, 1.82) is 0 Å². The van der Waals surface area contributed by atoms with Crippen molar-refractivity contribution in [3.05, 3.63) is 66.5 Å². The highest BCUT2D eigenvalue weighted by Crippen LogP contribution is 2.33. The van der Waals surface area contributed by atoms with E-state index in [9.17, 15) is 9.18 Å². The Kier molecular flexibility index (Phi) is 8.34. The number of hydrogen-bond donors (Lipinski definition) is 3. The van der Waals surface area contributed by atoms with Gasteiger partial charge in [-0.05, 0) is 36.3 Å². The number of anilines is 3. The van der Waals surface area contributed by atoms with Crippen LogP contribution in [0.4, 0.5) is 26.4 Å². The Labute approximate surface area is 224 Å². The number of H-pyrrole nitrogens is 1. The van der Waals surface area contributed by atoms with Gasteiger partial charge in [0.15, 0.2) is 0 Å². The number of rotatable bonds is 9. The number of nitrogens with one attached hydrogen (secondary N) is 3. The molecule has 2 aromatic heterocycles. The number of methoxy groups -OCH3 is 1. The van der Waals surface area contributed by atoms with Crippen molar-refractivity contribution in [1.82, 2.24) is 25.6 Å². The Morgan fingerprint density at radius 3 is 2.62 bits per heavy atom. The molecular formula is C27H29FN8O3. The Balaban J connectivity index is 1.55. The number of carbonyl (C=O) groups excluding carboxylic acids is 1. The van der Waals surface area contributed by atoms with Gasteiger partial charge in [-0.1, -0.05) is 36.4 Å². The molecule has 0 unspecified atom stereocenters. The van der Waals surface area contributed by atoms with Crippen LogP contribution < -0.4 is 15.5 Å². The summed E-state index contributed by atoms with van der Waals surface area (Å²) in [6, 6.07) is 16.7. The van der Waals surface area contributed by atoms with Gasteiger partial charge in [0.2, 0.25) is 5.82 Å². The van der Waals surface area contributed by atoms with Crippen molar-refractivity contribution >= 4 is 23.2 Å². The number of pyridine rings is 1. The minimum absolute atomic E-state index is 0.0795. The first-order chi connectivity index (χ1) is 19.1. The maximum Gasteiger partial charge on any atom is 0.323 e. The zero-order chi connectivity index (χ0) is 27.0. The fourth-order valence-corrected chi connectivity index (χ4v) is 4.57. The molecule has 1 fully saturated rings. The van der Waals surface area contributed by atoms with Gasteiger partial charge in [0.1, 0.15) is 11.6 Å². The summed E-state index contributed by atoms with van der Waals surface area (Å²) in [5.41, 5.74) is 2.66. The average molecular weight is 533 g/mol. The zero-order valence-electron chi connectivity index (χ0n) is 21.4. The molecule has 1 aliphatic heterocycles. The van der Waals surface area contributed by atoms with E-state index in [1.807, 2.05) is 30.3 Å². The molecule has 0 atom stereocenters. The van der Waals surface area contributed by atoms with Gasteiger partial charge in [-0.15, -0.1) is 10.2 Å². The van der Waals surface area contributed by atoms with Crippen LogP contribution >= 0.6 is 0 Å². The van der Waals surface area contributed by atoms with E-state index in [4.69, 9.17) is 14.5 Å². The number of benzene rings is 2. The summed E-state index contributed by atoms with van der Waals surface area (Å²) in [6.07, 6.45) is 1.68. The molecule has 4 aromatic rings. The van der Waals surface area contributed by atoms with Crippen molar-refractivity contribution < 1.29 is 18.7 Å². The summed E-state index contributed by atoms with van der Waals surface area (Å²) in [4.78, 5) is 20.1. The van der Waals surface area contributed by atoms with E-state index in [1.54, 1.807) is 25.3 Å². The van der Waals surface area contributed by atoms with Crippen LogP contribution in [0.1, 0.15) is 12.8 Å². The van der Waals surface area contributed by atoms with Gasteiger partial charge >= 0.3 is 6.03 Å². The van der Waals surface area contributed by atoms with E-state index in [2.05, 4.69) is 36.2 Å². The van der Waals surface area contributed by atoms with E-state index >= 15 is 0 Å². The molecule has 12 heteroatoms. The standard InChI is InChI=1S/C27H29FN8O3/c1-38-15-12-36(19-10-13-39-14-11-19)25-17-18(29-27(37)31-23-9-5-4-8-22(23)28)16-24(30-25)20-6-2-3-7-21(20)26-32-34-35-33-26/h2-9,16-17,19H,10-15H2,1H3,(H2,29,30,31,37)(H,32,33,34,35). The largest absolute Gasteiger partial charge is 0.383 e. The highest BCUT2D eigenvalue weighted by molar-refractivity contribution is 6.00. The molecule has 3 N–H and O–H groups in total. The molecule has 0 bridgehead atoms. The molecule has 1 saturated heterocycles. The molecule has 0 radical (unpaired) electrons. The molecule has 5 rings (SSSR count). The fraction of sp³-hybridized carbons (Fsp3) is 0.296. The summed E-state index contributed by atoms with van der Waals surface area (Å²) in [5.74, 6) is 0.564. The van der Waals surface area contributed by atoms with Crippen molar-refractivity contribution in [3.8, 4) is 22.6 Å². The Morgan fingerprint density at radius 2 is 1.87 bits per heavy atom. The fourth-order valence-electron chi connectivity index (χ4n) is 4.57. The first-order valence-electron chi connectivity index (χ1n) is 12.6. The lowest BCUT2D eigenvalue weighted by Crippen LogP contribution is -2.42. The number of carbonyl (C=O) groups is 1. The first kappa shape index (κ1) is 26.2. The lowest BCUT2D eigenvalue weighted by molar-refractivity contribution is 0.0826. The number of para-hydroxylation sites is 1.